The lowest BCUT2D eigenvalue weighted by molar-refractivity contribution is 0.0291. The number of hydrogen-bond acceptors (Lipinski definition) is 5. The zero-order valence-electron chi connectivity index (χ0n) is 21.2. The molecule has 35 heavy (non-hydrogen) atoms. The highest BCUT2D eigenvalue weighted by Gasteiger charge is 2.39. The summed E-state index contributed by atoms with van der Waals surface area (Å²) in [7, 11) is 3.32. The Morgan fingerprint density at radius 2 is 1.43 bits per heavy atom. The summed E-state index contributed by atoms with van der Waals surface area (Å²) in [5.74, 6) is 3.60. The van der Waals surface area contributed by atoms with Crippen molar-refractivity contribution in [3.63, 3.8) is 0 Å². The van der Waals surface area contributed by atoms with Crippen LogP contribution in [0.2, 0.25) is 0 Å². The molecule has 184 valence electrons. The Labute approximate surface area is 208 Å². The van der Waals surface area contributed by atoms with Crippen LogP contribution in [-0.2, 0) is 16.8 Å². The van der Waals surface area contributed by atoms with Crippen LogP contribution < -0.4 is 18.9 Å². The Balaban J connectivity index is 1.87. The summed E-state index contributed by atoms with van der Waals surface area (Å²) >= 11 is 0. The van der Waals surface area contributed by atoms with Crippen molar-refractivity contribution < 1.29 is 23.7 Å². The van der Waals surface area contributed by atoms with Crippen LogP contribution in [0.25, 0.3) is 11.8 Å². The molecule has 0 fully saturated rings. The van der Waals surface area contributed by atoms with Crippen LogP contribution in [0.5, 0.6) is 23.0 Å². The number of ether oxygens (including phenoxy) is 5. The van der Waals surface area contributed by atoms with E-state index in [-0.39, 0.29) is 0 Å². The number of fused-ring (bicyclic) bond motifs is 1. The van der Waals surface area contributed by atoms with Gasteiger partial charge < -0.3 is 23.7 Å². The fraction of sp³-hybridized carbons (Fsp3) is 0.333. The van der Waals surface area contributed by atoms with E-state index in [9.17, 15) is 0 Å². The van der Waals surface area contributed by atoms with E-state index in [1.165, 1.54) is 5.56 Å². The second-order valence-corrected chi connectivity index (χ2v) is 8.44. The Hall–Kier alpha value is -3.60. The smallest absolute Gasteiger partial charge is 0.161 e. The highest BCUT2D eigenvalue weighted by atomic mass is 16.5. The van der Waals surface area contributed by atoms with Crippen molar-refractivity contribution in [1.82, 2.24) is 0 Å². The van der Waals surface area contributed by atoms with Gasteiger partial charge in [-0.15, -0.1) is 0 Å². The molecule has 0 aliphatic carbocycles. The number of methoxy groups -OCH3 is 2. The van der Waals surface area contributed by atoms with E-state index >= 15 is 0 Å². The molecular formula is C30H34O5. The monoisotopic (exact) mass is 474 g/mol. The van der Waals surface area contributed by atoms with Gasteiger partial charge in [0.1, 0.15) is 11.4 Å². The first-order chi connectivity index (χ1) is 17.1. The van der Waals surface area contributed by atoms with Crippen LogP contribution in [0.3, 0.4) is 0 Å². The van der Waals surface area contributed by atoms with Crippen molar-refractivity contribution in [2.45, 2.75) is 39.2 Å². The Kier molecular flexibility index (Phi) is 7.54. The maximum absolute atomic E-state index is 6.91. The van der Waals surface area contributed by atoms with Crippen LogP contribution in [0.1, 0.15) is 49.4 Å². The number of rotatable bonds is 10. The van der Waals surface area contributed by atoms with Gasteiger partial charge in [0.25, 0.3) is 0 Å². The quantitative estimate of drug-likeness (QED) is 0.321. The van der Waals surface area contributed by atoms with Gasteiger partial charge in [0.15, 0.2) is 23.0 Å². The molecule has 0 saturated heterocycles. The molecule has 3 aromatic carbocycles. The fourth-order valence-electron chi connectivity index (χ4n) is 4.64. The zero-order valence-corrected chi connectivity index (χ0v) is 21.2. The second kappa shape index (κ2) is 10.8. The van der Waals surface area contributed by atoms with Crippen molar-refractivity contribution in [1.29, 1.82) is 0 Å². The summed E-state index contributed by atoms with van der Waals surface area (Å²) in [6.07, 6.45) is 3.57. The van der Waals surface area contributed by atoms with E-state index in [0.29, 0.717) is 30.5 Å². The Bertz CT molecular complexity index is 1180. The van der Waals surface area contributed by atoms with Crippen molar-refractivity contribution in [3.8, 4) is 23.0 Å². The van der Waals surface area contributed by atoms with E-state index in [2.05, 4.69) is 43.3 Å². The van der Waals surface area contributed by atoms with Crippen LogP contribution in [0.15, 0.2) is 60.7 Å². The topological polar surface area (TPSA) is 46.2 Å². The van der Waals surface area contributed by atoms with E-state index in [0.717, 1.165) is 41.0 Å². The molecule has 1 unspecified atom stereocenters. The first kappa shape index (κ1) is 24.5. The summed E-state index contributed by atoms with van der Waals surface area (Å²) < 4.78 is 29.8. The SMILES string of the molecule is CCOc1ccc(C2=Cc3cc(OC)c(OC)cc3C(CC)(Cc3ccccc3)O2)cc1OCC. The van der Waals surface area contributed by atoms with Crippen molar-refractivity contribution in [3.05, 3.63) is 82.9 Å². The molecular weight excluding hydrogens is 440 g/mol. The van der Waals surface area contributed by atoms with Crippen molar-refractivity contribution in [2.75, 3.05) is 27.4 Å². The summed E-state index contributed by atoms with van der Waals surface area (Å²) in [5, 5.41) is 0. The molecule has 0 radical (unpaired) electrons. The second-order valence-electron chi connectivity index (χ2n) is 8.44. The van der Waals surface area contributed by atoms with Crippen LogP contribution in [-0.4, -0.2) is 27.4 Å². The summed E-state index contributed by atoms with van der Waals surface area (Å²) in [4.78, 5) is 0. The largest absolute Gasteiger partial charge is 0.493 e. The summed E-state index contributed by atoms with van der Waals surface area (Å²) in [6, 6.07) is 20.5. The summed E-state index contributed by atoms with van der Waals surface area (Å²) in [6.45, 7) is 7.22. The van der Waals surface area contributed by atoms with E-state index < -0.39 is 5.60 Å². The minimum Gasteiger partial charge on any atom is -0.493 e. The number of hydrogen-bond donors (Lipinski definition) is 0. The molecule has 5 heteroatoms. The van der Waals surface area contributed by atoms with Gasteiger partial charge in [0, 0.05) is 17.5 Å². The van der Waals surface area contributed by atoms with E-state index in [1.807, 2.05) is 44.2 Å². The summed E-state index contributed by atoms with van der Waals surface area (Å²) in [5.41, 5.74) is 3.70. The first-order valence-corrected chi connectivity index (χ1v) is 12.2. The lowest BCUT2D eigenvalue weighted by atomic mass is 9.80. The normalized spacial score (nSPS) is 16.5. The molecule has 0 amide bonds. The van der Waals surface area contributed by atoms with Crippen LogP contribution in [0, 0.1) is 0 Å². The minimum absolute atomic E-state index is 0.552. The highest BCUT2D eigenvalue weighted by Crippen LogP contribution is 2.48. The van der Waals surface area contributed by atoms with Gasteiger partial charge in [0.2, 0.25) is 0 Å². The zero-order chi connectivity index (χ0) is 24.8. The van der Waals surface area contributed by atoms with Gasteiger partial charge in [-0.1, -0.05) is 37.3 Å². The Morgan fingerprint density at radius 1 is 0.743 bits per heavy atom. The van der Waals surface area contributed by atoms with Crippen LogP contribution >= 0.6 is 0 Å². The third-order valence-corrected chi connectivity index (χ3v) is 6.37. The van der Waals surface area contributed by atoms with Gasteiger partial charge >= 0.3 is 0 Å². The van der Waals surface area contributed by atoms with Gasteiger partial charge in [-0.05, 0) is 67.8 Å². The fourth-order valence-corrected chi connectivity index (χ4v) is 4.64. The van der Waals surface area contributed by atoms with Gasteiger partial charge in [-0.2, -0.15) is 0 Å². The number of benzene rings is 3. The van der Waals surface area contributed by atoms with Gasteiger partial charge in [0.05, 0.1) is 27.4 Å². The van der Waals surface area contributed by atoms with Crippen molar-refractivity contribution >= 4 is 11.8 Å². The molecule has 0 N–H and O–H groups in total. The average Bonchev–Trinajstić information content (AvgIpc) is 2.89. The van der Waals surface area contributed by atoms with E-state index in [4.69, 9.17) is 23.7 Å². The molecule has 1 atom stereocenters. The maximum Gasteiger partial charge on any atom is 0.161 e. The average molecular weight is 475 g/mol. The lowest BCUT2D eigenvalue weighted by Gasteiger charge is -2.40. The maximum atomic E-state index is 6.91. The molecule has 3 aromatic rings. The molecule has 0 aromatic heterocycles. The lowest BCUT2D eigenvalue weighted by Crippen LogP contribution is -2.34. The molecule has 4 rings (SSSR count). The molecule has 0 saturated carbocycles. The van der Waals surface area contributed by atoms with E-state index in [1.54, 1.807) is 14.2 Å². The third-order valence-electron chi connectivity index (χ3n) is 6.37. The molecule has 1 heterocycles. The molecule has 5 nitrogen and oxygen atoms in total. The highest BCUT2D eigenvalue weighted by molar-refractivity contribution is 5.83. The first-order valence-electron chi connectivity index (χ1n) is 12.2. The minimum atomic E-state index is -0.579. The van der Waals surface area contributed by atoms with Gasteiger partial charge in [-0.3, -0.25) is 0 Å². The van der Waals surface area contributed by atoms with Gasteiger partial charge in [-0.25, -0.2) is 0 Å². The third kappa shape index (κ3) is 4.95. The standard InChI is InChI=1S/C30H34O5/c1-6-30(20-21-12-10-9-11-13-21)24-19-28(32-5)27(31-4)18-23(24)17-26(35-30)22-14-15-25(33-7-2)29(16-22)34-8-3/h9-19H,6-8,20H2,1-5H3. The predicted molar refractivity (Wildman–Crippen MR) is 139 cm³/mol. The molecule has 1 aliphatic heterocycles. The van der Waals surface area contributed by atoms with Crippen molar-refractivity contribution in [2.24, 2.45) is 0 Å². The molecule has 0 spiro atoms. The molecule has 0 bridgehead atoms. The van der Waals surface area contributed by atoms with Crippen LogP contribution in [0.4, 0.5) is 0 Å². The Morgan fingerprint density at radius 3 is 2.09 bits per heavy atom. The predicted octanol–water partition coefficient (Wildman–Crippen LogP) is 6.88. The molecule has 1 aliphatic rings.